The molecule has 12 heavy (non-hydrogen) atoms. The van der Waals surface area contributed by atoms with Gasteiger partial charge in [0.05, 0.1) is 11.4 Å². The summed E-state index contributed by atoms with van der Waals surface area (Å²) in [4.78, 5) is 10.6. The summed E-state index contributed by atoms with van der Waals surface area (Å²) in [5.41, 5.74) is 16.6. The first-order valence-electron chi connectivity index (χ1n) is 3.20. The number of carboxylic acid groups (broad SMARTS) is 1. The Morgan fingerprint density at radius 3 is 1.92 bits per heavy atom. The van der Waals surface area contributed by atoms with E-state index in [0.29, 0.717) is 5.69 Å². The minimum atomic E-state index is -1.15. The average Bonchev–Trinajstić information content (AvgIpc) is 1.82. The Morgan fingerprint density at radius 1 is 1.17 bits per heavy atom. The second kappa shape index (κ2) is 2.61. The number of nitrogen functional groups attached to an aromatic ring is 3. The molecule has 5 heteroatoms. The van der Waals surface area contributed by atoms with Crippen molar-refractivity contribution in [3.05, 3.63) is 17.7 Å². The van der Waals surface area contributed by atoms with E-state index in [9.17, 15) is 4.79 Å². The number of rotatable bonds is 1. The summed E-state index contributed by atoms with van der Waals surface area (Å²) in [5.74, 6) is -1.15. The molecule has 0 atom stereocenters. The monoisotopic (exact) mass is 167 g/mol. The van der Waals surface area contributed by atoms with Crippen molar-refractivity contribution in [2.45, 2.75) is 0 Å². The van der Waals surface area contributed by atoms with Crippen LogP contribution in [-0.4, -0.2) is 11.1 Å². The molecule has 0 fully saturated rings. The van der Waals surface area contributed by atoms with Crippen LogP contribution in [0, 0.1) is 0 Å². The van der Waals surface area contributed by atoms with Gasteiger partial charge in [0, 0.05) is 5.69 Å². The van der Waals surface area contributed by atoms with Gasteiger partial charge in [-0.15, -0.1) is 0 Å². The van der Waals surface area contributed by atoms with Crippen LogP contribution in [0.3, 0.4) is 0 Å². The minimum absolute atomic E-state index is 0.0833. The summed E-state index contributed by atoms with van der Waals surface area (Å²) >= 11 is 0. The van der Waals surface area contributed by atoms with Gasteiger partial charge in [-0.25, -0.2) is 4.79 Å². The molecule has 0 aliphatic carbocycles. The summed E-state index contributed by atoms with van der Waals surface area (Å²) in [6.07, 6.45) is 0. The quantitative estimate of drug-likeness (QED) is 0.444. The van der Waals surface area contributed by atoms with Crippen LogP contribution in [-0.2, 0) is 0 Å². The van der Waals surface area contributed by atoms with Crippen molar-refractivity contribution in [2.24, 2.45) is 0 Å². The Balaban J connectivity index is 3.38. The van der Waals surface area contributed by atoms with E-state index >= 15 is 0 Å². The van der Waals surface area contributed by atoms with Crippen molar-refractivity contribution in [3.63, 3.8) is 0 Å². The lowest BCUT2D eigenvalue weighted by Crippen LogP contribution is -2.07. The van der Waals surface area contributed by atoms with Gasteiger partial charge in [0.15, 0.2) is 0 Å². The largest absolute Gasteiger partial charge is 0.478 e. The Hall–Kier alpha value is -1.91. The SMILES string of the molecule is Nc1cc(N)c(C(=O)O)c(N)c1. The number of hydrogen-bond acceptors (Lipinski definition) is 4. The van der Waals surface area contributed by atoms with Gasteiger partial charge < -0.3 is 22.3 Å². The first-order chi connectivity index (χ1) is 5.52. The van der Waals surface area contributed by atoms with Gasteiger partial charge in [0.1, 0.15) is 5.56 Å². The third kappa shape index (κ3) is 1.24. The van der Waals surface area contributed by atoms with E-state index in [4.69, 9.17) is 22.3 Å². The lowest BCUT2D eigenvalue weighted by Gasteiger charge is -2.05. The maximum Gasteiger partial charge on any atom is 0.339 e. The molecule has 0 unspecified atom stereocenters. The van der Waals surface area contributed by atoms with Crippen molar-refractivity contribution in [2.75, 3.05) is 17.2 Å². The van der Waals surface area contributed by atoms with E-state index < -0.39 is 5.97 Å². The van der Waals surface area contributed by atoms with Crippen molar-refractivity contribution >= 4 is 23.0 Å². The molecule has 0 amide bonds. The molecule has 64 valence electrons. The van der Waals surface area contributed by atoms with Gasteiger partial charge in [-0.05, 0) is 12.1 Å². The number of nitrogens with two attached hydrogens (primary N) is 3. The molecule has 5 nitrogen and oxygen atoms in total. The second-order valence-electron chi connectivity index (χ2n) is 2.38. The summed E-state index contributed by atoms with van der Waals surface area (Å²) in [7, 11) is 0. The van der Waals surface area contributed by atoms with Crippen molar-refractivity contribution < 1.29 is 9.90 Å². The molecule has 0 saturated heterocycles. The highest BCUT2D eigenvalue weighted by Gasteiger charge is 2.12. The van der Waals surface area contributed by atoms with Crippen LogP contribution in [0.4, 0.5) is 17.1 Å². The molecule has 0 aromatic heterocycles. The van der Waals surface area contributed by atoms with Crippen molar-refractivity contribution in [1.29, 1.82) is 0 Å². The van der Waals surface area contributed by atoms with E-state index in [2.05, 4.69) is 0 Å². The third-order valence-electron chi connectivity index (χ3n) is 1.44. The standard InChI is InChI=1S/C7H9N3O2/c8-3-1-4(9)6(7(11)12)5(10)2-3/h1-2H,8-10H2,(H,11,12). The van der Waals surface area contributed by atoms with Crippen LogP contribution in [0.15, 0.2) is 12.1 Å². The van der Waals surface area contributed by atoms with Gasteiger partial charge in [-0.1, -0.05) is 0 Å². The molecule has 1 aromatic carbocycles. The summed E-state index contributed by atoms with van der Waals surface area (Å²) in [5, 5.41) is 8.64. The average molecular weight is 167 g/mol. The number of aromatic carboxylic acids is 1. The van der Waals surface area contributed by atoms with Gasteiger partial charge >= 0.3 is 5.97 Å². The summed E-state index contributed by atoms with van der Waals surface area (Å²) in [6.45, 7) is 0. The third-order valence-corrected chi connectivity index (χ3v) is 1.44. The molecule has 1 rings (SSSR count). The van der Waals surface area contributed by atoms with E-state index in [1.165, 1.54) is 12.1 Å². The summed E-state index contributed by atoms with van der Waals surface area (Å²) in [6, 6.07) is 2.72. The Morgan fingerprint density at radius 2 is 1.58 bits per heavy atom. The van der Waals surface area contributed by atoms with Gasteiger partial charge in [0.25, 0.3) is 0 Å². The van der Waals surface area contributed by atoms with Gasteiger partial charge in [-0.3, -0.25) is 0 Å². The molecule has 0 aliphatic rings. The minimum Gasteiger partial charge on any atom is -0.478 e. The lowest BCUT2D eigenvalue weighted by molar-refractivity contribution is 0.0699. The number of benzene rings is 1. The predicted octanol–water partition coefficient (Wildman–Crippen LogP) is 0.131. The fraction of sp³-hybridized carbons (Fsp3) is 0. The summed E-state index contributed by atoms with van der Waals surface area (Å²) < 4.78 is 0. The van der Waals surface area contributed by atoms with Crippen LogP contribution in [0.5, 0.6) is 0 Å². The fourth-order valence-electron chi connectivity index (χ4n) is 0.959. The molecule has 0 bridgehead atoms. The number of anilines is 3. The molecule has 0 aliphatic heterocycles. The molecular weight excluding hydrogens is 158 g/mol. The lowest BCUT2D eigenvalue weighted by atomic mass is 10.1. The van der Waals surface area contributed by atoms with E-state index in [1.807, 2.05) is 0 Å². The highest BCUT2D eigenvalue weighted by molar-refractivity contribution is 6.00. The van der Waals surface area contributed by atoms with Crippen molar-refractivity contribution in [1.82, 2.24) is 0 Å². The van der Waals surface area contributed by atoms with Crippen LogP contribution >= 0.6 is 0 Å². The van der Waals surface area contributed by atoms with Crippen LogP contribution in [0.1, 0.15) is 10.4 Å². The Kier molecular flexibility index (Phi) is 1.78. The molecule has 0 saturated carbocycles. The zero-order valence-electron chi connectivity index (χ0n) is 6.24. The highest BCUT2D eigenvalue weighted by Crippen LogP contribution is 2.22. The van der Waals surface area contributed by atoms with Crippen LogP contribution in [0.2, 0.25) is 0 Å². The van der Waals surface area contributed by atoms with Crippen LogP contribution in [0.25, 0.3) is 0 Å². The predicted molar refractivity (Wildman–Crippen MR) is 46.6 cm³/mol. The Bertz CT molecular complexity index is 312. The highest BCUT2D eigenvalue weighted by atomic mass is 16.4. The molecular formula is C7H9N3O2. The fourth-order valence-corrected chi connectivity index (χ4v) is 0.959. The molecule has 1 aromatic rings. The Labute approximate surface area is 68.8 Å². The molecule has 7 N–H and O–H groups in total. The maximum absolute atomic E-state index is 10.6. The van der Waals surface area contributed by atoms with Gasteiger partial charge in [-0.2, -0.15) is 0 Å². The first-order valence-corrected chi connectivity index (χ1v) is 3.20. The zero-order chi connectivity index (χ0) is 9.30. The van der Waals surface area contributed by atoms with E-state index in [1.54, 1.807) is 0 Å². The topological polar surface area (TPSA) is 115 Å². The normalized spacial score (nSPS) is 9.67. The maximum atomic E-state index is 10.6. The number of carboxylic acids is 1. The first kappa shape index (κ1) is 8.19. The second-order valence-corrected chi connectivity index (χ2v) is 2.38. The molecule has 0 radical (unpaired) electrons. The van der Waals surface area contributed by atoms with E-state index in [-0.39, 0.29) is 16.9 Å². The van der Waals surface area contributed by atoms with Crippen LogP contribution < -0.4 is 17.2 Å². The number of hydrogen-bond donors (Lipinski definition) is 4. The zero-order valence-corrected chi connectivity index (χ0v) is 6.24. The number of carbonyl (C=O) groups is 1. The molecule has 0 spiro atoms. The molecule has 0 heterocycles. The smallest absolute Gasteiger partial charge is 0.339 e. The van der Waals surface area contributed by atoms with Gasteiger partial charge in [0.2, 0.25) is 0 Å². The van der Waals surface area contributed by atoms with E-state index in [0.717, 1.165) is 0 Å². The van der Waals surface area contributed by atoms with Crippen molar-refractivity contribution in [3.8, 4) is 0 Å².